The maximum atomic E-state index is 12.7. The highest BCUT2D eigenvalue weighted by atomic mass is 32.2. The molecule has 3 rings (SSSR count). The van der Waals surface area contributed by atoms with Crippen LogP contribution in [0.4, 0.5) is 5.69 Å². The number of hydrogen-bond acceptors (Lipinski definition) is 10. The lowest BCUT2D eigenvalue weighted by atomic mass is 10.1. The van der Waals surface area contributed by atoms with Gasteiger partial charge in [-0.1, -0.05) is 24.0 Å². The van der Waals surface area contributed by atoms with Gasteiger partial charge in [0.15, 0.2) is 0 Å². The SMILES string of the molecule is O=C([O-])CC[C@H](C(=O)[O-])N1C(=O)/C(=C/c2ccc(-c3ccc([N+](=O)[O-])cc3)o2)SC1=S. The molecule has 1 fully saturated rings. The van der Waals surface area contributed by atoms with E-state index in [4.69, 9.17) is 16.6 Å². The summed E-state index contributed by atoms with van der Waals surface area (Å²) in [6.07, 6.45) is 0.389. The number of carbonyl (C=O) groups is 3. The monoisotopic (exact) mass is 460 g/mol. The molecule has 1 aliphatic heterocycles. The molecule has 0 saturated carbocycles. The Labute approximate surface area is 184 Å². The van der Waals surface area contributed by atoms with E-state index in [2.05, 4.69) is 0 Å². The van der Waals surface area contributed by atoms with Crippen LogP contribution in [0, 0.1) is 10.1 Å². The summed E-state index contributed by atoms with van der Waals surface area (Å²) in [6, 6.07) is 7.32. The van der Waals surface area contributed by atoms with Crippen LogP contribution in [0.25, 0.3) is 17.4 Å². The molecule has 0 bridgehead atoms. The first kappa shape index (κ1) is 22.2. The van der Waals surface area contributed by atoms with E-state index in [1.807, 2.05) is 0 Å². The van der Waals surface area contributed by atoms with Crippen molar-refractivity contribution < 1.29 is 33.9 Å². The van der Waals surface area contributed by atoms with Crippen LogP contribution >= 0.6 is 24.0 Å². The third-order valence-corrected chi connectivity index (χ3v) is 5.62. The molecule has 1 atom stereocenters. The van der Waals surface area contributed by atoms with Crippen molar-refractivity contribution in [2.45, 2.75) is 18.9 Å². The third-order valence-electron chi connectivity index (χ3n) is 4.29. The van der Waals surface area contributed by atoms with Crippen molar-refractivity contribution in [1.82, 2.24) is 4.90 Å². The van der Waals surface area contributed by atoms with Crippen molar-refractivity contribution in [2.75, 3.05) is 0 Å². The number of carbonyl (C=O) groups excluding carboxylic acids is 3. The number of rotatable bonds is 8. The highest BCUT2D eigenvalue weighted by Crippen LogP contribution is 2.35. The molecule has 2 heterocycles. The average Bonchev–Trinajstić information content (AvgIpc) is 3.28. The van der Waals surface area contributed by atoms with Crippen LogP contribution in [0.15, 0.2) is 45.7 Å². The molecule has 160 valence electrons. The summed E-state index contributed by atoms with van der Waals surface area (Å²) in [5.41, 5.74) is 0.512. The third kappa shape index (κ3) is 4.98. The summed E-state index contributed by atoms with van der Waals surface area (Å²) in [4.78, 5) is 45.9. The van der Waals surface area contributed by atoms with E-state index in [-0.39, 0.29) is 20.7 Å². The number of thioether (sulfide) groups is 1. The van der Waals surface area contributed by atoms with Gasteiger partial charge in [-0.3, -0.25) is 19.8 Å². The zero-order valence-corrected chi connectivity index (χ0v) is 17.1. The first-order valence-electron chi connectivity index (χ1n) is 8.70. The van der Waals surface area contributed by atoms with E-state index in [1.54, 1.807) is 12.1 Å². The molecule has 12 heteroatoms. The summed E-state index contributed by atoms with van der Waals surface area (Å²) >= 11 is 5.94. The molecular weight excluding hydrogens is 448 g/mol. The molecule has 0 unspecified atom stereocenters. The minimum Gasteiger partial charge on any atom is -0.550 e. The van der Waals surface area contributed by atoms with Gasteiger partial charge in [-0.05, 0) is 37.1 Å². The first-order valence-corrected chi connectivity index (χ1v) is 9.92. The second-order valence-corrected chi connectivity index (χ2v) is 7.98. The molecule has 10 nitrogen and oxygen atoms in total. The highest BCUT2D eigenvalue weighted by molar-refractivity contribution is 8.26. The van der Waals surface area contributed by atoms with Crippen LogP contribution in [-0.2, 0) is 14.4 Å². The second kappa shape index (κ2) is 9.10. The lowest BCUT2D eigenvalue weighted by Gasteiger charge is -2.27. The predicted molar refractivity (Wildman–Crippen MR) is 109 cm³/mol. The minimum absolute atomic E-state index is 0.0500. The van der Waals surface area contributed by atoms with Gasteiger partial charge in [0, 0.05) is 29.7 Å². The maximum Gasteiger partial charge on any atom is 0.269 e. The van der Waals surface area contributed by atoms with Crippen LogP contribution < -0.4 is 10.2 Å². The Kier molecular flexibility index (Phi) is 6.51. The normalized spacial score (nSPS) is 16.0. The fourth-order valence-electron chi connectivity index (χ4n) is 2.82. The van der Waals surface area contributed by atoms with E-state index in [9.17, 15) is 34.7 Å². The number of furan rings is 1. The van der Waals surface area contributed by atoms with Crippen molar-refractivity contribution in [3.8, 4) is 11.3 Å². The van der Waals surface area contributed by atoms with E-state index >= 15 is 0 Å². The van der Waals surface area contributed by atoms with Gasteiger partial charge in [0.2, 0.25) is 0 Å². The Morgan fingerprint density at radius 1 is 1.19 bits per heavy atom. The lowest BCUT2D eigenvalue weighted by Crippen LogP contribution is -2.50. The number of carboxylic acids is 2. The molecule has 1 aromatic heterocycles. The van der Waals surface area contributed by atoms with E-state index in [0.717, 1.165) is 16.7 Å². The molecular formula is C19H12N2O8S2-2. The number of thiocarbonyl (C=S) groups is 1. The van der Waals surface area contributed by atoms with Gasteiger partial charge in [0.25, 0.3) is 11.6 Å². The molecule has 0 spiro atoms. The smallest absolute Gasteiger partial charge is 0.269 e. The molecule has 1 aliphatic rings. The van der Waals surface area contributed by atoms with Crippen molar-refractivity contribution in [2.24, 2.45) is 0 Å². The number of carboxylic acid groups (broad SMARTS) is 2. The number of nitrogens with zero attached hydrogens (tertiary/aromatic N) is 2. The fourth-order valence-corrected chi connectivity index (χ4v) is 4.15. The van der Waals surface area contributed by atoms with E-state index in [0.29, 0.717) is 11.3 Å². The number of nitro benzene ring substituents is 1. The molecule has 0 aliphatic carbocycles. The number of benzene rings is 1. The Bertz CT molecular complexity index is 1110. The molecule has 1 saturated heterocycles. The van der Waals surface area contributed by atoms with Gasteiger partial charge in [0.05, 0.1) is 21.8 Å². The molecule has 31 heavy (non-hydrogen) atoms. The van der Waals surface area contributed by atoms with Gasteiger partial charge < -0.3 is 24.2 Å². The molecule has 1 aromatic carbocycles. The Morgan fingerprint density at radius 3 is 2.45 bits per heavy atom. The Balaban J connectivity index is 1.80. The summed E-state index contributed by atoms with van der Waals surface area (Å²) in [7, 11) is 0. The standard InChI is InChI=1S/C19H14N2O8S2/c22-16(23)8-6-13(18(25)26)20-17(24)15(31-19(20)30)9-12-5-7-14(29-12)10-1-3-11(4-2-10)21(27)28/h1-5,7,9,13H,6,8H2,(H,22,23)(H,25,26)/p-2/b15-9-/t13-/m1/s1. The van der Waals surface area contributed by atoms with E-state index in [1.165, 1.54) is 30.3 Å². The van der Waals surface area contributed by atoms with Crippen LogP contribution in [0.3, 0.4) is 0 Å². The molecule has 2 aromatic rings. The summed E-state index contributed by atoms with van der Waals surface area (Å²) in [5, 5.41) is 32.8. The maximum absolute atomic E-state index is 12.7. The number of nitro groups is 1. The van der Waals surface area contributed by atoms with Crippen LogP contribution in [0.2, 0.25) is 0 Å². The first-order chi connectivity index (χ1) is 14.7. The summed E-state index contributed by atoms with van der Waals surface area (Å²) in [5.74, 6) is -3.12. The number of amides is 1. The quantitative estimate of drug-likeness (QED) is 0.238. The van der Waals surface area contributed by atoms with E-state index < -0.39 is 41.7 Å². The zero-order chi connectivity index (χ0) is 22.7. The van der Waals surface area contributed by atoms with Gasteiger partial charge in [0.1, 0.15) is 15.8 Å². The van der Waals surface area contributed by atoms with Gasteiger partial charge in [-0.2, -0.15) is 0 Å². The second-order valence-electron chi connectivity index (χ2n) is 6.30. The van der Waals surface area contributed by atoms with Crippen LogP contribution in [0.5, 0.6) is 0 Å². The molecule has 0 N–H and O–H groups in total. The van der Waals surface area contributed by atoms with Crippen molar-refractivity contribution in [3.63, 3.8) is 0 Å². The highest BCUT2D eigenvalue weighted by Gasteiger charge is 2.37. The number of non-ortho nitro benzene ring substituents is 1. The number of aliphatic carboxylic acids is 2. The van der Waals surface area contributed by atoms with Gasteiger partial charge in [-0.15, -0.1) is 0 Å². The zero-order valence-electron chi connectivity index (χ0n) is 15.5. The van der Waals surface area contributed by atoms with Crippen LogP contribution in [0.1, 0.15) is 18.6 Å². The summed E-state index contributed by atoms with van der Waals surface area (Å²) < 4.78 is 5.60. The predicted octanol–water partition coefficient (Wildman–Crippen LogP) is 0.705. The lowest BCUT2D eigenvalue weighted by molar-refractivity contribution is -0.384. The largest absolute Gasteiger partial charge is 0.550 e. The van der Waals surface area contributed by atoms with Crippen molar-refractivity contribution in [1.29, 1.82) is 0 Å². The van der Waals surface area contributed by atoms with Gasteiger partial charge in [-0.25, -0.2) is 0 Å². The minimum atomic E-state index is -1.63. The summed E-state index contributed by atoms with van der Waals surface area (Å²) in [6.45, 7) is 0. The van der Waals surface area contributed by atoms with Gasteiger partial charge >= 0.3 is 0 Å². The number of hydrogen-bond donors (Lipinski definition) is 0. The van der Waals surface area contributed by atoms with Crippen molar-refractivity contribution in [3.05, 3.63) is 57.2 Å². The molecule has 1 amide bonds. The molecule has 0 radical (unpaired) electrons. The Hall–Kier alpha value is -3.51. The fraction of sp³-hybridized carbons (Fsp3) is 0.158. The topological polar surface area (TPSA) is 157 Å². The Morgan fingerprint density at radius 2 is 1.87 bits per heavy atom. The van der Waals surface area contributed by atoms with Crippen LogP contribution in [-0.4, -0.2) is 38.0 Å². The average molecular weight is 460 g/mol. The van der Waals surface area contributed by atoms with Crippen molar-refractivity contribution >= 4 is 57.9 Å².